The number of fused-ring (bicyclic) bond motifs is 1. The third kappa shape index (κ3) is 4.47. The first-order valence-corrected chi connectivity index (χ1v) is 9.59. The maximum atomic E-state index is 13.5. The first kappa shape index (κ1) is 20.7. The Kier molecular flexibility index (Phi) is 5.30. The second-order valence-corrected chi connectivity index (χ2v) is 7.39. The number of alkyl halides is 3. The lowest BCUT2D eigenvalue weighted by Crippen LogP contribution is -2.13. The normalized spacial score (nSPS) is 12.0. The second-order valence-electron chi connectivity index (χ2n) is 7.39. The third-order valence-corrected chi connectivity index (χ3v) is 4.67. The van der Waals surface area contributed by atoms with Gasteiger partial charge in [0, 0.05) is 17.6 Å². The molecule has 0 saturated carbocycles. The standard InChI is InChI=1S/C21H20F3N5O2/c1-11(2)30-17-5-4-15(9-16(17)21(22,23)24)25-10-14-8-18-13(6-12(14)3)7-19(31-18)20-26-28-29-27-20/h4-9,11,25H,10H2,1-3H3,(H,26,27,28,29). The lowest BCUT2D eigenvalue weighted by Gasteiger charge is -2.18. The minimum atomic E-state index is -4.52. The lowest BCUT2D eigenvalue weighted by molar-refractivity contribution is -0.139. The van der Waals surface area contributed by atoms with Crippen LogP contribution in [0.2, 0.25) is 0 Å². The highest BCUT2D eigenvalue weighted by atomic mass is 19.4. The van der Waals surface area contributed by atoms with Crippen LogP contribution < -0.4 is 10.1 Å². The fourth-order valence-electron chi connectivity index (χ4n) is 3.23. The van der Waals surface area contributed by atoms with Crippen LogP contribution in [-0.2, 0) is 12.7 Å². The van der Waals surface area contributed by atoms with Crippen molar-refractivity contribution in [1.82, 2.24) is 20.6 Å². The Hall–Kier alpha value is -3.56. The Morgan fingerprint density at radius 3 is 2.65 bits per heavy atom. The van der Waals surface area contributed by atoms with Gasteiger partial charge in [0.05, 0.1) is 11.7 Å². The third-order valence-electron chi connectivity index (χ3n) is 4.67. The van der Waals surface area contributed by atoms with Crippen molar-refractivity contribution in [2.24, 2.45) is 0 Å². The highest BCUT2D eigenvalue weighted by Gasteiger charge is 2.35. The number of tetrazole rings is 1. The predicted molar refractivity (Wildman–Crippen MR) is 109 cm³/mol. The molecule has 2 heterocycles. The van der Waals surface area contributed by atoms with Crippen molar-refractivity contribution in [1.29, 1.82) is 0 Å². The van der Waals surface area contributed by atoms with Crippen LogP contribution in [0.5, 0.6) is 5.75 Å². The second kappa shape index (κ2) is 7.93. The molecule has 7 nitrogen and oxygen atoms in total. The van der Waals surface area contributed by atoms with E-state index in [1.807, 2.05) is 25.1 Å². The van der Waals surface area contributed by atoms with Gasteiger partial charge in [-0.1, -0.05) is 0 Å². The number of furan rings is 1. The molecule has 0 aliphatic heterocycles. The van der Waals surface area contributed by atoms with Crippen LogP contribution in [0, 0.1) is 6.92 Å². The fraction of sp³-hybridized carbons (Fsp3) is 0.286. The minimum absolute atomic E-state index is 0.185. The summed E-state index contributed by atoms with van der Waals surface area (Å²) in [5.41, 5.74) is 2.01. The van der Waals surface area contributed by atoms with E-state index in [2.05, 4.69) is 25.9 Å². The van der Waals surface area contributed by atoms with Crippen molar-refractivity contribution in [2.75, 3.05) is 5.32 Å². The SMILES string of the molecule is Cc1cc2cc(-c3nn[nH]n3)oc2cc1CNc1ccc(OC(C)C)c(C(F)(F)F)c1. The Bertz CT molecular complexity index is 1200. The van der Waals surface area contributed by atoms with Crippen LogP contribution in [-0.4, -0.2) is 26.7 Å². The molecule has 10 heteroatoms. The zero-order valence-electron chi connectivity index (χ0n) is 17.0. The molecule has 0 radical (unpaired) electrons. The summed E-state index contributed by atoms with van der Waals surface area (Å²) >= 11 is 0. The number of nitrogens with one attached hydrogen (secondary N) is 2. The first-order chi connectivity index (χ1) is 14.7. The van der Waals surface area contributed by atoms with Gasteiger partial charge in [-0.05, 0) is 73.5 Å². The molecule has 31 heavy (non-hydrogen) atoms. The number of ether oxygens (including phenoxy) is 1. The van der Waals surface area contributed by atoms with Crippen molar-refractivity contribution >= 4 is 16.7 Å². The number of H-pyrrole nitrogens is 1. The number of hydrogen-bond donors (Lipinski definition) is 2. The van der Waals surface area contributed by atoms with E-state index >= 15 is 0 Å². The van der Waals surface area contributed by atoms with Gasteiger partial charge in [-0.3, -0.25) is 0 Å². The summed E-state index contributed by atoms with van der Waals surface area (Å²) in [7, 11) is 0. The van der Waals surface area contributed by atoms with Crippen molar-refractivity contribution < 1.29 is 22.3 Å². The smallest absolute Gasteiger partial charge is 0.420 e. The van der Waals surface area contributed by atoms with Gasteiger partial charge in [0.15, 0.2) is 5.76 Å². The molecule has 0 bridgehead atoms. The molecule has 0 fully saturated rings. The van der Waals surface area contributed by atoms with Gasteiger partial charge >= 0.3 is 6.18 Å². The summed E-state index contributed by atoms with van der Waals surface area (Å²) in [5.74, 6) is 0.635. The van der Waals surface area contributed by atoms with Gasteiger partial charge in [0.25, 0.3) is 0 Å². The van der Waals surface area contributed by atoms with Gasteiger partial charge in [-0.25, -0.2) is 0 Å². The Labute approximate surface area is 175 Å². The highest BCUT2D eigenvalue weighted by molar-refractivity contribution is 5.83. The lowest BCUT2D eigenvalue weighted by atomic mass is 10.1. The van der Waals surface area contributed by atoms with E-state index in [1.54, 1.807) is 19.9 Å². The van der Waals surface area contributed by atoms with Crippen LogP contribution in [0.4, 0.5) is 18.9 Å². The van der Waals surface area contributed by atoms with Gasteiger partial charge < -0.3 is 14.5 Å². The Morgan fingerprint density at radius 2 is 1.97 bits per heavy atom. The highest BCUT2D eigenvalue weighted by Crippen LogP contribution is 2.38. The molecule has 0 spiro atoms. The quantitative estimate of drug-likeness (QED) is 0.428. The molecule has 162 valence electrons. The topological polar surface area (TPSA) is 88.9 Å². The molecule has 0 unspecified atom stereocenters. The number of halogens is 3. The molecule has 0 atom stereocenters. The Balaban J connectivity index is 1.58. The molecular weight excluding hydrogens is 411 g/mol. The maximum absolute atomic E-state index is 13.5. The van der Waals surface area contributed by atoms with E-state index in [4.69, 9.17) is 9.15 Å². The van der Waals surface area contributed by atoms with Crippen molar-refractivity contribution in [3.8, 4) is 17.3 Å². The van der Waals surface area contributed by atoms with Gasteiger partial charge in [0.1, 0.15) is 11.3 Å². The number of rotatable bonds is 6. The minimum Gasteiger partial charge on any atom is -0.490 e. The number of aromatic amines is 1. The van der Waals surface area contributed by atoms with Gasteiger partial charge in [0.2, 0.25) is 5.82 Å². The molecule has 2 aromatic carbocycles. The number of nitrogens with zero attached hydrogens (tertiary/aromatic N) is 3. The summed E-state index contributed by atoms with van der Waals surface area (Å²) in [6, 6.07) is 9.58. The van der Waals surface area contributed by atoms with Crippen molar-refractivity contribution in [3.63, 3.8) is 0 Å². The molecule has 0 aliphatic carbocycles. The van der Waals surface area contributed by atoms with Crippen molar-refractivity contribution in [2.45, 2.75) is 39.6 Å². The van der Waals surface area contributed by atoms with Crippen LogP contribution in [0.1, 0.15) is 30.5 Å². The summed E-state index contributed by atoms with van der Waals surface area (Å²) in [5, 5.41) is 17.6. The monoisotopic (exact) mass is 431 g/mol. The first-order valence-electron chi connectivity index (χ1n) is 9.59. The largest absolute Gasteiger partial charge is 0.490 e. The van der Waals surface area contributed by atoms with Gasteiger partial charge in [-0.2, -0.15) is 18.4 Å². The van der Waals surface area contributed by atoms with Crippen LogP contribution in [0.15, 0.2) is 40.8 Å². The summed E-state index contributed by atoms with van der Waals surface area (Å²) in [4.78, 5) is 0. The zero-order chi connectivity index (χ0) is 22.2. The van der Waals surface area contributed by atoms with E-state index in [-0.39, 0.29) is 11.9 Å². The van der Waals surface area contributed by atoms with E-state index in [9.17, 15) is 13.2 Å². The predicted octanol–water partition coefficient (Wildman–Crippen LogP) is 5.34. The van der Waals surface area contributed by atoms with Crippen molar-refractivity contribution in [3.05, 3.63) is 53.1 Å². The number of hydrogen-bond acceptors (Lipinski definition) is 6. The summed E-state index contributed by atoms with van der Waals surface area (Å²) in [6.07, 6.45) is -4.88. The average Bonchev–Trinajstić information content (AvgIpc) is 3.35. The molecule has 2 aromatic heterocycles. The Morgan fingerprint density at radius 1 is 1.16 bits per heavy atom. The molecule has 4 aromatic rings. The fourth-order valence-corrected chi connectivity index (χ4v) is 3.23. The number of aryl methyl sites for hydroxylation is 1. The van der Waals surface area contributed by atoms with Crippen LogP contribution in [0.25, 0.3) is 22.6 Å². The van der Waals surface area contributed by atoms with E-state index in [0.717, 1.165) is 22.6 Å². The molecule has 4 rings (SSSR count). The molecule has 2 N–H and O–H groups in total. The molecule has 0 aliphatic rings. The number of aromatic nitrogens is 4. The summed E-state index contributed by atoms with van der Waals surface area (Å²) < 4.78 is 51.5. The van der Waals surface area contributed by atoms with Gasteiger partial charge in [-0.15, -0.1) is 10.2 Å². The maximum Gasteiger partial charge on any atom is 0.420 e. The van der Waals surface area contributed by atoms with Crippen LogP contribution in [0.3, 0.4) is 0 Å². The number of benzene rings is 2. The average molecular weight is 431 g/mol. The summed E-state index contributed by atoms with van der Waals surface area (Å²) in [6.45, 7) is 5.62. The molecular formula is C21H20F3N5O2. The number of anilines is 1. The van der Waals surface area contributed by atoms with E-state index in [0.29, 0.717) is 29.4 Å². The van der Waals surface area contributed by atoms with Crippen LogP contribution >= 0.6 is 0 Å². The van der Waals surface area contributed by atoms with E-state index < -0.39 is 11.7 Å². The molecule has 0 saturated heterocycles. The van der Waals surface area contributed by atoms with E-state index in [1.165, 1.54) is 6.07 Å². The molecule has 0 amide bonds. The zero-order valence-corrected chi connectivity index (χ0v) is 17.0.